The Morgan fingerprint density at radius 3 is 2.38 bits per heavy atom. The summed E-state index contributed by atoms with van der Waals surface area (Å²) < 4.78 is 48.9. The monoisotopic (exact) mass is 305 g/mol. The number of hydrogen-bond donors (Lipinski definition) is 0. The van der Waals surface area contributed by atoms with Crippen LogP contribution in [0.3, 0.4) is 0 Å². The van der Waals surface area contributed by atoms with Crippen LogP contribution in [-0.4, -0.2) is 4.98 Å². The number of pyridine rings is 1. The summed E-state index contributed by atoms with van der Waals surface area (Å²) in [7, 11) is 0. The van der Waals surface area contributed by atoms with Gasteiger partial charge in [0.2, 0.25) is 0 Å². The van der Waals surface area contributed by atoms with Crippen LogP contribution in [0.1, 0.15) is 11.3 Å². The van der Waals surface area contributed by atoms with Crippen molar-refractivity contribution in [3.8, 4) is 0 Å². The lowest BCUT2D eigenvalue weighted by atomic mass is 10.2. The van der Waals surface area contributed by atoms with Crippen LogP contribution in [-0.2, 0) is 12.9 Å². The van der Waals surface area contributed by atoms with Gasteiger partial charge in [-0.25, -0.2) is 9.37 Å². The van der Waals surface area contributed by atoms with E-state index < -0.39 is 24.1 Å². The molecule has 0 saturated carbocycles. The summed E-state index contributed by atoms with van der Waals surface area (Å²) in [4.78, 5) is 3.45. The minimum Gasteiger partial charge on any atom is -0.244 e. The van der Waals surface area contributed by atoms with Crippen molar-refractivity contribution in [2.75, 3.05) is 0 Å². The van der Waals surface area contributed by atoms with Gasteiger partial charge >= 0.3 is 6.18 Å². The summed E-state index contributed by atoms with van der Waals surface area (Å²) in [5.41, 5.74) is -1.56. The zero-order valence-corrected chi connectivity index (χ0v) is 8.36. The number of nitrogens with zero attached hydrogens (tertiary/aromatic N) is 1. The molecule has 0 amide bonds. The Morgan fingerprint density at radius 2 is 1.92 bits per heavy atom. The van der Waals surface area contributed by atoms with E-state index >= 15 is 0 Å². The molecule has 0 unspecified atom stereocenters. The summed E-state index contributed by atoms with van der Waals surface area (Å²) in [6.07, 6.45) is -4.53. The molecule has 0 aliphatic rings. The molecule has 6 heteroatoms. The van der Waals surface area contributed by atoms with Gasteiger partial charge in [-0.2, -0.15) is 13.2 Å². The van der Waals surface area contributed by atoms with E-state index in [-0.39, 0.29) is 0 Å². The first-order valence-electron chi connectivity index (χ1n) is 3.23. The van der Waals surface area contributed by atoms with Gasteiger partial charge in [0, 0.05) is 0 Å². The molecule has 0 aliphatic heterocycles. The second-order valence-corrected chi connectivity index (χ2v) is 3.36. The third-order valence-corrected chi connectivity index (χ3v) is 1.97. The molecule has 0 bridgehead atoms. The van der Waals surface area contributed by atoms with Gasteiger partial charge in [-0.15, -0.1) is 0 Å². The summed E-state index contributed by atoms with van der Waals surface area (Å²) in [5.74, 6) is 0. The zero-order valence-electron chi connectivity index (χ0n) is 6.20. The average Bonchev–Trinajstić information content (AvgIpc) is 2.01. The van der Waals surface area contributed by atoms with Crippen molar-refractivity contribution in [1.29, 1.82) is 0 Å². The SMILES string of the molecule is FCc1nc(I)ccc1C(F)(F)F. The Morgan fingerprint density at radius 1 is 1.31 bits per heavy atom. The van der Waals surface area contributed by atoms with E-state index in [1.165, 1.54) is 6.07 Å². The molecule has 1 nitrogen and oxygen atoms in total. The molecule has 1 heterocycles. The van der Waals surface area contributed by atoms with Gasteiger partial charge in [0.15, 0.2) is 0 Å². The lowest BCUT2D eigenvalue weighted by Gasteiger charge is -2.09. The van der Waals surface area contributed by atoms with Gasteiger partial charge < -0.3 is 0 Å². The van der Waals surface area contributed by atoms with Crippen LogP contribution in [0.15, 0.2) is 12.1 Å². The third kappa shape index (κ3) is 2.52. The van der Waals surface area contributed by atoms with E-state index in [1.54, 1.807) is 22.6 Å². The highest BCUT2D eigenvalue weighted by molar-refractivity contribution is 14.1. The molecule has 0 aromatic carbocycles. The molecular weight excluding hydrogens is 301 g/mol. The molecule has 72 valence electrons. The standard InChI is InChI=1S/C7H4F4IN/c8-3-5-4(7(9,10)11)1-2-6(12)13-5/h1-2H,3H2. The Kier molecular flexibility index (Phi) is 3.09. The fourth-order valence-corrected chi connectivity index (χ4v) is 1.31. The number of alkyl halides is 4. The maximum atomic E-state index is 12.2. The Balaban J connectivity index is 3.22. The smallest absolute Gasteiger partial charge is 0.244 e. The second-order valence-electron chi connectivity index (χ2n) is 2.26. The number of aromatic nitrogens is 1. The molecule has 0 aliphatic carbocycles. The Labute approximate surface area is 85.3 Å². The lowest BCUT2D eigenvalue weighted by Crippen LogP contribution is -2.10. The van der Waals surface area contributed by atoms with E-state index in [2.05, 4.69) is 4.98 Å². The maximum absolute atomic E-state index is 12.2. The summed E-state index contributed by atoms with van der Waals surface area (Å²) in [6.45, 7) is -1.20. The second kappa shape index (κ2) is 3.77. The van der Waals surface area contributed by atoms with E-state index in [0.29, 0.717) is 3.70 Å². The van der Waals surface area contributed by atoms with Crippen LogP contribution in [0.4, 0.5) is 17.6 Å². The van der Waals surface area contributed by atoms with Crippen molar-refractivity contribution in [3.05, 3.63) is 27.1 Å². The highest BCUT2D eigenvalue weighted by Crippen LogP contribution is 2.31. The fraction of sp³-hybridized carbons (Fsp3) is 0.286. The van der Waals surface area contributed by atoms with Crippen molar-refractivity contribution in [3.63, 3.8) is 0 Å². The molecule has 0 saturated heterocycles. The molecule has 1 aromatic rings. The topological polar surface area (TPSA) is 12.9 Å². The molecule has 0 spiro atoms. The van der Waals surface area contributed by atoms with Crippen LogP contribution in [0.25, 0.3) is 0 Å². The van der Waals surface area contributed by atoms with Crippen molar-refractivity contribution in [2.45, 2.75) is 12.9 Å². The van der Waals surface area contributed by atoms with Gasteiger partial charge in [-0.3, -0.25) is 0 Å². The zero-order chi connectivity index (χ0) is 10.1. The normalized spacial score (nSPS) is 11.8. The first-order valence-corrected chi connectivity index (χ1v) is 4.31. The van der Waals surface area contributed by atoms with Gasteiger partial charge in [0.25, 0.3) is 0 Å². The quantitative estimate of drug-likeness (QED) is 0.441. The van der Waals surface area contributed by atoms with Crippen molar-refractivity contribution < 1.29 is 17.6 Å². The predicted molar refractivity (Wildman–Crippen MR) is 46.8 cm³/mol. The van der Waals surface area contributed by atoms with E-state index in [0.717, 1.165) is 6.07 Å². The van der Waals surface area contributed by atoms with Gasteiger partial charge in [-0.05, 0) is 34.7 Å². The number of halogens is 5. The first-order chi connectivity index (χ1) is 5.95. The summed E-state index contributed by atoms with van der Waals surface area (Å²) in [5, 5.41) is 0. The molecule has 1 rings (SSSR count). The average molecular weight is 305 g/mol. The highest BCUT2D eigenvalue weighted by Gasteiger charge is 2.33. The molecule has 0 N–H and O–H groups in total. The molecule has 0 fully saturated rings. The van der Waals surface area contributed by atoms with E-state index in [4.69, 9.17) is 0 Å². The van der Waals surface area contributed by atoms with Crippen LogP contribution < -0.4 is 0 Å². The van der Waals surface area contributed by atoms with Crippen molar-refractivity contribution in [2.24, 2.45) is 0 Å². The van der Waals surface area contributed by atoms with Crippen LogP contribution in [0, 0.1) is 3.70 Å². The Hall–Kier alpha value is -0.400. The number of rotatable bonds is 1. The highest BCUT2D eigenvalue weighted by atomic mass is 127. The minimum atomic E-state index is -4.53. The van der Waals surface area contributed by atoms with Crippen molar-refractivity contribution in [1.82, 2.24) is 4.98 Å². The van der Waals surface area contributed by atoms with Gasteiger partial charge in [0.1, 0.15) is 10.4 Å². The van der Waals surface area contributed by atoms with E-state index in [9.17, 15) is 17.6 Å². The maximum Gasteiger partial charge on any atom is 0.418 e. The van der Waals surface area contributed by atoms with Crippen LogP contribution >= 0.6 is 22.6 Å². The summed E-state index contributed by atoms with van der Waals surface area (Å²) >= 11 is 1.73. The Bertz CT molecular complexity index is 310. The predicted octanol–water partition coefficient (Wildman–Crippen LogP) is 3.17. The molecule has 0 radical (unpaired) electrons. The molecular formula is C7H4F4IN. The van der Waals surface area contributed by atoms with Gasteiger partial charge in [0.05, 0.1) is 11.3 Å². The van der Waals surface area contributed by atoms with Gasteiger partial charge in [-0.1, -0.05) is 0 Å². The largest absolute Gasteiger partial charge is 0.418 e. The van der Waals surface area contributed by atoms with Crippen LogP contribution in [0.5, 0.6) is 0 Å². The van der Waals surface area contributed by atoms with Crippen LogP contribution in [0.2, 0.25) is 0 Å². The molecule has 1 aromatic heterocycles. The first kappa shape index (κ1) is 10.7. The molecule has 13 heavy (non-hydrogen) atoms. The molecule has 0 atom stereocenters. The number of hydrogen-bond acceptors (Lipinski definition) is 1. The fourth-order valence-electron chi connectivity index (χ4n) is 0.835. The summed E-state index contributed by atoms with van der Waals surface area (Å²) in [6, 6.07) is 2.03. The third-order valence-electron chi connectivity index (χ3n) is 1.37. The van der Waals surface area contributed by atoms with E-state index in [1.807, 2.05) is 0 Å². The lowest BCUT2D eigenvalue weighted by molar-refractivity contribution is -0.138. The van der Waals surface area contributed by atoms with Crippen molar-refractivity contribution >= 4 is 22.6 Å². The minimum absolute atomic E-state index is 0.346.